The first-order valence-corrected chi connectivity index (χ1v) is 13.3. The zero-order chi connectivity index (χ0) is 25.4. The molecule has 1 aromatic carbocycles. The molecule has 2 aliphatic rings. The fourth-order valence-electron chi connectivity index (χ4n) is 4.58. The van der Waals surface area contributed by atoms with Gasteiger partial charge in [0.25, 0.3) is 5.91 Å². The highest BCUT2D eigenvalue weighted by atomic mass is 32.2. The van der Waals surface area contributed by atoms with E-state index in [0.717, 1.165) is 47.9 Å². The molecule has 4 rings (SSSR count). The number of allylic oxidation sites excluding steroid dienone is 1. The number of hydroxylamine groups is 1. The minimum atomic E-state index is -3.84. The molecule has 2 heterocycles. The largest absolute Gasteiger partial charge is 0.395 e. The average molecular weight is 500 g/mol. The van der Waals surface area contributed by atoms with Crippen molar-refractivity contribution < 1.29 is 23.5 Å². The third kappa shape index (κ3) is 4.47. The average Bonchev–Trinajstić information content (AvgIpc) is 3.33. The SMILES string of the molecule is C[C@@](CCn1cc2n(c1=O)C=C(C#Cc1ccc(C3(CO)CCC3)cc1)C2)(C(=O)NO)S(C)(=O)=O. The number of benzene rings is 1. The third-order valence-electron chi connectivity index (χ3n) is 7.43. The number of aromatic nitrogens is 2. The number of nitrogens with one attached hydrogen (secondary N) is 1. The maximum absolute atomic E-state index is 12.8. The smallest absolute Gasteiger partial charge is 0.332 e. The van der Waals surface area contributed by atoms with E-state index in [2.05, 4.69) is 11.8 Å². The van der Waals surface area contributed by atoms with Crippen LogP contribution in [0.25, 0.3) is 6.20 Å². The first kappa shape index (κ1) is 25.0. The number of aliphatic hydroxyl groups excluding tert-OH is 1. The molecule has 0 unspecified atom stereocenters. The molecule has 1 amide bonds. The first-order valence-electron chi connectivity index (χ1n) is 11.4. The van der Waals surface area contributed by atoms with Gasteiger partial charge < -0.3 is 5.11 Å². The minimum absolute atomic E-state index is 0.00758. The number of hydrogen-bond donors (Lipinski definition) is 3. The molecule has 1 fully saturated rings. The monoisotopic (exact) mass is 499 g/mol. The number of fused-ring (bicyclic) bond motifs is 1. The second-order valence-electron chi connectivity index (χ2n) is 9.61. The molecule has 9 nitrogen and oxygen atoms in total. The van der Waals surface area contributed by atoms with Crippen LogP contribution in [0.1, 0.15) is 49.4 Å². The third-order valence-corrected chi connectivity index (χ3v) is 9.46. The molecule has 1 saturated carbocycles. The number of carbonyl (C=O) groups excluding carboxylic acids is 1. The number of aliphatic hydroxyl groups is 1. The van der Waals surface area contributed by atoms with Crippen molar-refractivity contribution in [3.8, 4) is 11.8 Å². The van der Waals surface area contributed by atoms with E-state index in [4.69, 9.17) is 5.21 Å². The quantitative estimate of drug-likeness (QED) is 0.298. The van der Waals surface area contributed by atoms with Gasteiger partial charge in [-0.3, -0.25) is 19.1 Å². The van der Waals surface area contributed by atoms with E-state index in [1.165, 1.54) is 21.5 Å². The van der Waals surface area contributed by atoms with Gasteiger partial charge in [-0.25, -0.2) is 18.7 Å². The number of hydrogen-bond acceptors (Lipinski definition) is 6. The Labute approximate surface area is 204 Å². The van der Waals surface area contributed by atoms with Crippen molar-refractivity contribution in [2.45, 2.75) is 55.7 Å². The molecule has 1 atom stereocenters. The molecule has 3 N–H and O–H groups in total. The standard InChI is InChI=1S/C25H29N3O6S/c1-24(22(30)26-32,35(2,33)34)12-13-27-16-21-14-19(15-28(21)23(27)31)5-4-18-6-8-20(9-7-18)25(17-29)10-3-11-25/h6-9,15-16,29,32H,3,10-14,17H2,1-2H3,(H,26,30)/t24-/m1/s1. The van der Waals surface area contributed by atoms with Gasteiger partial charge in [-0.2, -0.15) is 0 Å². The van der Waals surface area contributed by atoms with E-state index in [-0.39, 0.29) is 30.7 Å². The number of carbonyl (C=O) groups is 1. The van der Waals surface area contributed by atoms with Gasteiger partial charge in [-0.05, 0) is 43.9 Å². The lowest BCUT2D eigenvalue weighted by Gasteiger charge is -2.40. The maximum atomic E-state index is 12.8. The number of nitrogens with zero attached hydrogens (tertiary/aromatic N) is 2. The van der Waals surface area contributed by atoms with Gasteiger partial charge in [0.15, 0.2) is 14.6 Å². The summed E-state index contributed by atoms with van der Waals surface area (Å²) in [6.07, 6.45) is 7.64. The maximum Gasteiger partial charge on any atom is 0.332 e. The van der Waals surface area contributed by atoms with E-state index in [9.17, 15) is 23.1 Å². The molecule has 0 radical (unpaired) electrons. The van der Waals surface area contributed by atoms with Crippen molar-refractivity contribution in [1.82, 2.24) is 14.6 Å². The van der Waals surface area contributed by atoms with Crippen LogP contribution in [-0.4, -0.2) is 51.4 Å². The second-order valence-corrected chi connectivity index (χ2v) is 12.1. The van der Waals surface area contributed by atoms with E-state index in [1.807, 2.05) is 24.3 Å². The molecular weight excluding hydrogens is 470 g/mol. The topological polar surface area (TPSA) is 131 Å². The highest BCUT2D eigenvalue weighted by Crippen LogP contribution is 2.43. The van der Waals surface area contributed by atoms with Crippen LogP contribution < -0.4 is 11.2 Å². The Kier molecular flexibility index (Phi) is 6.53. The molecule has 1 aromatic heterocycles. The molecule has 1 aliphatic heterocycles. The van der Waals surface area contributed by atoms with E-state index in [0.29, 0.717) is 6.42 Å². The Bertz CT molecular complexity index is 1400. The van der Waals surface area contributed by atoms with Crippen LogP contribution in [0.3, 0.4) is 0 Å². The summed E-state index contributed by atoms with van der Waals surface area (Å²) < 4.78 is 25.2. The van der Waals surface area contributed by atoms with Crippen molar-refractivity contribution >= 4 is 21.9 Å². The lowest BCUT2D eigenvalue weighted by Crippen LogP contribution is -2.49. The lowest BCUT2D eigenvalue weighted by molar-refractivity contribution is -0.131. The molecule has 0 spiro atoms. The zero-order valence-corrected chi connectivity index (χ0v) is 20.6. The van der Waals surface area contributed by atoms with Crippen LogP contribution in [0.2, 0.25) is 0 Å². The summed E-state index contributed by atoms with van der Waals surface area (Å²) >= 11 is 0. The molecular formula is C25H29N3O6S. The Hall–Kier alpha value is -3.13. The van der Waals surface area contributed by atoms with Crippen LogP contribution >= 0.6 is 0 Å². The number of amides is 1. The number of rotatable bonds is 7. The highest BCUT2D eigenvalue weighted by molar-refractivity contribution is 7.92. The van der Waals surface area contributed by atoms with Crippen LogP contribution in [0.5, 0.6) is 0 Å². The lowest BCUT2D eigenvalue weighted by atomic mass is 9.65. The molecule has 0 bridgehead atoms. The highest BCUT2D eigenvalue weighted by Gasteiger charge is 2.43. The molecule has 35 heavy (non-hydrogen) atoms. The minimum Gasteiger partial charge on any atom is -0.395 e. The van der Waals surface area contributed by atoms with Gasteiger partial charge in [0.05, 0.1) is 6.61 Å². The van der Waals surface area contributed by atoms with Crippen LogP contribution in [0.15, 0.2) is 40.8 Å². The van der Waals surface area contributed by atoms with Crippen LogP contribution in [0.4, 0.5) is 0 Å². The van der Waals surface area contributed by atoms with E-state index >= 15 is 0 Å². The molecule has 0 saturated heterocycles. The Morgan fingerprint density at radius 3 is 2.43 bits per heavy atom. The number of imidazole rings is 1. The van der Waals surface area contributed by atoms with Crippen molar-refractivity contribution in [1.29, 1.82) is 0 Å². The molecule has 2 aromatic rings. The fraction of sp³-hybridized carbons (Fsp3) is 0.440. The number of sulfone groups is 1. The summed E-state index contributed by atoms with van der Waals surface area (Å²) in [7, 11) is -3.84. The van der Waals surface area contributed by atoms with Crippen molar-refractivity contribution in [2.24, 2.45) is 0 Å². The number of aryl methyl sites for hydroxylation is 1. The molecule has 1 aliphatic carbocycles. The predicted molar refractivity (Wildman–Crippen MR) is 130 cm³/mol. The molecule has 186 valence electrons. The van der Waals surface area contributed by atoms with Gasteiger partial charge in [0.1, 0.15) is 0 Å². The zero-order valence-electron chi connectivity index (χ0n) is 19.7. The van der Waals surface area contributed by atoms with Crippen LogP contribution in [0, 0.1) is 11.8 Å². The summed E-state index contributed by atoms with van der Waals surface area (Å²) in [5.74, 6) is 5.19. The summed E-state index contributed by atoms with van der Waals surface area (Å²) in [5, 5.41) is 18.7. The predicted octanol–water partition coefficient (Wildman–Crippen LogP) is 1.21. The van der Waals surface area contributed by atoms with E-state index in [1.54, 1.807) is 12.4 Å². The summed E-state index contributed by atoms with van der Waals surface area (Å²) in [6.45, 7) is 1.37. The van der Waals surface area contributed by atoms with Crippen LogP contribution in [-0.2, 0) is 33.0 Å². The Morgan fingerprint density at radius 2 is 1.91 bits per heavy atom. The van der Waals surface area contributed by atoms with Crippen molar-refractivity contribution in [3.63, 3.8) is 0 Å². The Morgan fingerprint density at radius 1 is 1.23 bits per heavy atom. The second kappa shape index (κ2) is 9.15. The summed E-state index contributed by atoms with van der Waals surface area (Å²) in [6, 6.07) is 7.93. The fourth-order valence-corrected chi connectivity index (χ4v) is 5.43. The van der Waals surface area contributed by atoms with Gasteiger partial charge in [0.2, 0.25) is 0 Å². The normalized spacial score (nSPS) is 17.9. The van der Waals surface area contributed by atoms with E-state index < -0.39 is 20.5 Å². The van der Waals surface area contributed by atoms with Crippen molar-refractivity contribution in [2.75, 3.05) is 12.9 Å². The van der Waals surface area contributed by atoms with Gasteiger partial charge in [0, 0.05) is 53.9 Å². The summed E-state index contributed by atoms with van der Waals surface area (Å²) in [4.78, 5) is 24.8. The first-order chi connectivity index (χ1) is 16.5. The van der Waals surface area contributed by atoms with Crippen molar-refractivity contribution in [3.05, 3.63) is 63.3 Å². The van der Waals surface area contributed by atoms with Gasteiger partial charge >= 0.3 is 5.69 Å². The summed E-state index contributed by atoms with van der Waals surface area (Å²) in [5.41, 5.74) is 4.43. The molecule has 10 heteroatoms. The van der Waals surface area contributed by atoms with Gasteiger partial charge in [-0.15, -0.1) is 0 Å². The Balaban J connectivity index is 1.47. The van der Waals surface area contributed by atoms with Gasteiger partial charge in [-0.1, -0.05) is 30.4 Å².